The van der Waals surface area contributed by atoms with Gasteiger partial charge in [0.1, 0.15) is 16.5 Å². The van der Waals surface area contributed by atoms with Crippen molar-refractivity contribution in [3.05, 3.63) is 12.0 Å². The van der Waals surface area contributed by atoms with Crippen molar-refractivity contribution >= 4 is 30.6 Å². The highest BCUT2D eigenvalue weighted by molar-refractivity contribution is 6.99. The smallest absolute Gasteiger partial charge is 0.304 e. The Balaban J connectivity index is 3.35. The molecule has 0 aromatic carbocycles. The molecule has 0 aliphatic heterocycles. The van der Waals surface area contributed by atoms with Gasteiger partial charge < -0.3 is 8.66 Å². The van der Waals surface area contributed by atoms with Crippen LogP contribution < -0.4 is 8.66 Å². The maximum absolute atomic E-state index is 14.3. The zero-order valence-electron chi connectivity index (χ0n) is 14.7. The van der Waals surface area contributed by atoms with E-state index in [-0.39, 0.29) is 5.82 Å². The van der Waals surface area contributed by atoms with Gasteiger partial charge in [0.2, 0.25) is 8.32 Å². The average Bonchev–Trinajstić information content (AvgIpc) is 2.16. The molecule has 0 bridgehead atoms. The Morgan fingerprint density at radius 3 is 1.81 bits per heavy atom. The summed E-state index contributed by atoms with van der Waals surface area (Å²) < 4.78 is 22.4. The Labute approximate surface area is 131 Å². The Morgan fingerprint density at radius 1 is 0.952 bits per heavy atom. The first-order valence-electron chi connectivity index (χ1n) is 7.24. The first-order valence-corrected chi connectivity index (χ1v) is 17.5. The SMILES string of the molecule is C[Si](C)(C)Oc1ncc(F)c(N([Si](C)(C)C)[Si](C)(C)C)n1. The molecular weight excluding hydrogens is 317 g/mol. The predicted molar refractivity (Wildman–Crippen MR) is 95.1 cm³/mol. The molecule has 0 unspecified atom stereocenters. The van der Waals surface area contributed by atoms with Gasteiger partial charge in [0, 0.05) is 0 Å². The molecule has 0 radical (unpaired) electrons. The lowest BCUT2D eigenvalue weighted by Crippen LogP contribution is -2.60. The summed E-state index contributed by atoms with van der Waals surface area (Å²) in [5, 5.41) is 0. The van der Waals surface area contributed by atoms with E-state index in [1.807, 2.05) is 0 Å². The zero-order valence-corrected chi connectivity index (χ0v) is 17.7. The van der Waals surface area contributed by atoms with Crippen LogP contribution in [0.25, 0.3) is 0 Å². The van der Waals surface area contributed by atoms with Crippen LogP contribution in [0.4, 0.5) is 10.2 Å². The van der Waals surface area contributed by atoms with E-state index < -0.39 is 24.8 Å². The van der Waals surface area contributed by atoms with Crippen LogP contribution in [0.1, 0.15) is 0 Å². The quantitative estimate of drug-likeness (QED) is 0.746. The van der Waals surface area contributed by atoms with Gasteiger partial charge >= 0.3 is 6.01 Å². The molecule has 21 heavy (non-hydrogen) atoms. The Morgan fingerprint density at radius 2 is 1.43 bits per heavy atom. The van der Waals surface area contributed by atoms with Crippen molar-refractivity contribution in [1.82, 2.24) is 9.97 Å². The van der Waals surface area contributed by atoms with Crippen molar-refractivity contribution in [1.29, 1.82) is 0 Å². The summed E-state index contributed by atoms with van der Waals surface area (Å²) in [5.74, 6) is 0.0550. The third-order valence-corrected chi connectivity index (χ3v) is 10.6. The molecule has 0 saturated carbocycles. The second-order valence-corrected chi connectivity index (χ2v) is 22.7. The van der Waals surface area contributed by atoms with Gasteiger partial charge in [-0.2, -0.15) is 4.98 Å². The number of aromatic nitrogens is 2. The van der Waals surface area contributed by atoms with Gasteiger partial charge in [-0.1, -0.05) is 39.3 Å². The van der Waals surface area contributed by atoms with Gasteiger partial charge in [0.05, 0.1) is 6.20 Å². The summed E-state index contributed by atoms with van der Waals surface area (Å²) in [6, 6.07) is 0.298. The van der Waals surface area contributed by atoms with Crippen LogP contribution in [0.3, 0.4) is 0 Å². The molecule has 0 aliphatic rings. The maximum atomic E-state index is 14.3. The minimum Gasteiger partial charge on any atom is -0.518 e. The van der Waals surface area contributed by atoms with Crippen molar-refractivity contribution in [2.24, 2.45) is 0 Å². The van der Waals surface area contributed by atoms with E-state index in [9.17, 15) is 4.39 Å². The Bertz CT molecular complexity index is 493. The minimum atomic E-state index is -1.81. The zero-order chi connectivity index (χ0) is 16.6. The van der Waals surface area contributed by atoms with Gasteiger partial charge in [0.15, 0.2) is 11.6 Å². The normalized spacial score (nSPS) is 13.2. The number of anilines is 1. The molecule has 0 N–H and O–H groups in total. The van der Waals surface area contributed by atoms with Gasteiger partial charge in [-0.3, -0.25) is 0 Å². The van der Waals surface area contributed by atoms with E-state index >= 15 is 0 Å². The lowest BCUT2D eigenvalue weighted by atomic mass is 10.6. The molecule has 0 saturated heterocycles. The summed E-state index contributed by atoms with van der Waals surface area (Å²) >= 11 is 0. The Hall–Kier alpha value is -0.739. The highest BCUT2D eigenvalue weighted by Crippen LogP contribution is 2.30. The topological polar surface area (TPSA) is 38.2 Å². The third-order valence-electron chi connectivity index (χ3n) is 2.65. The predicted octanol–water partition coefficient (Wildman–Crippen LogP) is 4.31. The van der Waals surface area contributed by atoms with Crippen molar-refractivity contribution in [2.75, 3.05) is 4.23 Å². The summed E-state index contributed by atoms with van der Waals surface area (Å²) in [4.78, 5) is 8.41. The van der Waals surface area contributed by atoms with Crippen LogP contribution in [0.2, 0.25) is 58.9 Å². The monoisotopic (exact) mass is 345 g/mol. The van der Waals surface area contributed by atoms with Gasteiger partial charge in [-0.05, 0) is 19.6 Å². The maximum Gasteiger partial charge on any atom is 0.304 e. The number of hydrogen-bond donors (Lipinski definition) is 0. The molecular formula is C13H28FN3OSi3. The molecule has 1 aromatic heterocycles. The highest BCUT2D eigenvalue weighted by atomic mass is 28.4. The first-order chi connectivity index (χ1) is 9.22. The van der Waals surface area contributed by atoms with Gasteiger partial charge in [-0.15, -0.1) is 0 Å². The van der Waals surface area contributed by atoms with Crippen molar-refractivity contribution in [3.63, 3.8) is 0 Å². The molecule has 1 rings (SSSR count). The second-order valence-electron chi connectivity index (χ2n) is 8.22. The van der Waals surface area contributed by atoms with Crippen LogP contribution in [0, 0.1) is 5.82 Å². The van der Waals surface area contributed by atoms with E-state index in [1.54, 1.807) is 0 Å². The fourth-order valence-corrected chi connectivity index (χ4v) is 12.7. The number of nitrogens with zero attached hydrogens (tertiary/aromatic N) is 3. The first kappa shape index (κ1) is 18.3. The standard InChI is InChI=1S/C13H28FN3OSi3/c1-19(2,3)17(20(4,5)6)12-11(14)10-15-13(16-12)18-21(7,8)9/h10H,1-9H3. The number of rotatable bonds is 5. The molecule has 0 fully saturated rings. The van der Waals surface area contributed by atoms with E-state index in [4.69, 9.17) is 4.43 Å². The van der Waals surface area contributed by atoms with E-state index in [1.165, 1.54) is 6.20 Å². The summed E-state index contributed by atoms with van der Waals surface area (Å²) in [7, 11) is -5.32. The lowest BCUT2D eigenvalue weighted by Gasteiger charge is -2.44. The molecule has 1 aromatic rings. The lowest BCUT2D eigenvalue weighted by molar-refractivity contribution is 0.499. The number of hydrogen-bond acceptors (Lipinski definition) is 4. The highest BCUT2D eigenvalue weighted by Gasteiger charge is 2.37. The Kier molecular flexibility index (Phi) is 5.06. The third kappa shape index (κ3) is 5.19. The van der Waals surface area contributed by atoms with Gasteiger partial charge in [-0.25, -0.2) is 9.37 Å². The molecule has 1 heterocycles. The van der Waals surface area contributed by atoms with Gasteiger partial charge in [0.25, 0.3) is 0 Å². The van der Waals surface area contributed by atoms with Crippen molar-refractivity contribution in [3.8, 4) is 6.01 Å². The van der Waals surface area contributed by atoms with Crippen LogP contribution >= 0.6 is 0 Å². The fourth-order valence-electron chi connectivity index (χ4n) is 2.46. The molecule has 0 aliphatic carbocycles. The van der Waals surface area contributed by atoms with Crippen molar-refractivity contribution < 1.29 is 8.82 Å². The van der Waals surface area contributed by atoms with Crippen LogP contribution in [-0.2, 0) is 0 Å². The largest absolute Gasteiger partial charge is 0.518 e. The molecule has 0 amide bonds. The molecule has 8 heteroatoms. The molecule has 0 spiro atoms. The molecule has 0 atom stereocenters. The fraction of sp³-hybridized carbons (Fsp3) is 0.692. The van der Waals surface area contributed by atoms with Crippen LogP contribution in [0.5, 0.6) is 6.01 Å². The summed E-state index contributed by atoms with van der Waals surface area (Å²) in [6.07, 6.45) is 1.24. The second kappa shape index (κ2) is 5.81. The average molecular weight is 346 g/mol. The summed E-state index contributed by atoms with van der Waals surface area (Å²) in [5.41, 5.74) is 0. The number of halogens is 1. The van der Waals surface area contributed by atoms with E-state index in [0.29, 0.717) is 11.8 Å². The van der Waals surface area contributed by atoms with Crippen molar-refractivity contribution in [2.45, 2.75) is 58.9 Å². The molecule has 120 valence electrons. The molecule has 4 nitrogen and oxygen atoms in total. The van der Waals surface area contributed by atoms with E-state index in [2.05, 4.69) is 73.1 Å². The summed E-state index contributed by atoms with van der Waals surface area (Å²) in [6.45, 7) is 19.5. The minimum absolute atomic E-state index is 0.298. The van der Waals surface area contributed by atoms with E-state index in [0.717, 1.165) is 0 Å². The van der Waals surface area contributed by atoms with Crippen LogP contribution in [0.15, 0.2) is 6.20 Å². The van der Waals surface area contributed by atoms with Crippen LogP contribution in [-0.4, -0.2) is 34.8 Å².